The second kappa shape index (κ2) is 7.64. The predicted octanol–water partition coefficient (Wildman–Crippen LogP) is 1.57. The molecule has 0 unspecified atom stereocenters. The summed E-state index contributed by atoms with van der Waals surface area (Å²) in [7, 11) is 0. The van der Waals surface area contributed by atoms with Crippen LogP contribution in [0.1, 0.15) is 44.0 Å². The first-order valence-corrected chi connectivity index (χ1v) is 9.40. The Morgan fingerprint density at radius 3 is 2.54 bits per heavy atom. The van der Waals surface area contributed by atoms with Crippen LogP contribution in [0.5, 0.6) is 5.75 Å². The molecule has 0 radical (unpaired) electrons. The fraction of sp³-hybridized carbons (Fsp3) is 0.476. The van der Waals surface area contributed by atoms with E-state index in [4.69, 9.17) is 4.74 Å². The van der Waals surface area contributed by atoms with Crippen molar-refractivity contribution in [3.8, 4) is 11.8 Å². The molecule has 2 heterocycles. The molecule has 0 saturated heterocycles. The smallest absolute Gasteiger partial charge is 0.331 e. The summed E-state index contributed by atoms with van der Waals surface area (Å²) in [5.74, 6) is 0.600. The molecule has 1 aliphatic rings. The molecule has 148 valence electrons. The fourth-order valence-corrected chi connectivity index (χ4v) is 3.42. The molecule has 0 bridgehead atoms. The summed E-state index contributed by atoms with van der Waals surface area (Å²) < 4.78 is 7.99. The van der Waals surface area contributed by atoms with E-state index in [0.717, 1.165) is 11.0 Å². The van der Waals surface area contributed by atoms with Gasteiger partial charge in [0.1, 0.15) is 30.1 Å². The Kier molecular flexibility index (Phi) is 5.43. The van der Waals surface area contributed by atoms with Crippen LogP contribution in [0.15, 0.2) is 33.9 Å². The molecule has 0 saturated carbocycles. The molecule has 1 atom stereocenters. The summed E-state index contributed by atoms with van der Waals surface area (Å²) in [5.41, 5.74) is 0.566. The van der Waals surface area contributed by atoms with Gasteiger partial charge >= 0.3 is 5.69 Å². The number of aliphatic hydroxyl groups is 1. The average Bonchev–Trinajstić information content (AvgIpc) is 3.13. The highest BCUT2D eigenvalue weighted by atomic mass is 16.5. The number of nitrogens with zero attached hydrogens (tertiary/aromatic N) is 3. The van der Waals surface area contributed by atoms with Crippen LogP contribution in [0.3, 0.4) is 0 Å². The van der Waals surface area contributed by atoms with Crippen molar-refractivity contribution >= 4 is 0 Å². The number of hydrogen-bond acceptors (Lipinski definition) is 5. The maximum Gasteiger partial charge on any atom is 0.331 e. The summed E-state index contributed by atoms with van der Waals surface area (Å²) >= 11 is 0. The molecule has 1 aliphatic heterocycles. The van der Waals surface area contributed by atoms with Crippen LogP contribution in [0, 0.1) is 11.3 Å². The Balaban J connectivity index is 1.72. The summed E-state index contributed by atoms with van der Waals surface area (Å²) in [6, 6.07) is 9.51. The number of aliphatic hydroxyl groups excluding tert-OH is 1. The van der Waals surface area contributed by atoms with Crippen molar-refractivity contribution in [2.45, 2.75) is 58.2 Å². The second-order valence-corrected chi connectivity index (χ2v) is 8.13. The van der Waals surface area contributed by atoms with Crippen molar-refractivity contribution in [3.05, 3.63) is 61.9 Å². The largest absolute Gasteiger partial charge is 0.491 e. The van der Waals surface area contributed by atoms with Crippen molar-refractivity contribution in [2.75, 3.05) is 6.61 Å². The number of hydrogen-bond donors (Lipinski definition) is 1. The van der Waals surface area contributed by atoms with Crippen molar-refractivity contribution in [1.29, 1.82) is 5.26 Å². The van der Waals surface area contributed by atoms with Gasteiger partial charge in [0.05, 0.1) is 6.54 Å². The number of aromatic nitrogens is 2. The van der Waals surface area contributed by atoms with Crippen LogP contribution in [0.25, 0.3) is 0 Å². The topological polar surface area (TPSA) is 97.2 Å². The van der Waals surface area contributed by atoms with Gasteiger partial charge in [0.15, 0.2) is 0 Å². The third kappa shape index (κ3) is 3.87. The van der Waals surface area contributed by atoms with Gasteiger partial charge in [-0.15, -0.1) is 0 Å². The van der Waals surface area contributed by atoms with Crippen LogP contribution in [0.4, 0.5) is 0 Å². The standard InChI is InChI=1S/C21H25N3O4/c1-21(2,3)14-6-8-16(9-7-14)28-13-15(25)12-24-19(26)17(11-22)18-5-4-10-23(18)20(24)27/h6-9,15,25H,4-5,10,12-13H2,1-3H3/t15-/m1/s1. The Hall–Kier alpha value is -2.85. The van der Waals surface area contributed by atoms with E-state index >= 15 is 0 Å². The van der Waals surface area contributed by atoms with E-state index in [0.29, 0.717) is 24.4 Å². The van der Waals surface area contributed by atoms with Crippen LogP contribution < -0.4 is 16.0 Å². The summed E-state index contributed by atoms with van der Waals surface area (Å²) in [6.07, 6.45) is 0.216. The highest BCUT2D eigenvalue weighted by molar-refractivity contribution is 5.33. The molecule has 7 nitrogen and oxygen atoms in total. The highest BCUT2D eigenvalue weighted by Crippen LogP contribution is 2.24. The van der Waals surface area contributed by atoms with E-state index < -0.39 is 17.4 Å². The van der Waals surface area contributed by atoms with E-state index in [1.807, 2.05) is 30.3 Å². The van der Waals surface area contributed by atoms with E-state index in [-0.39, 0.29) is 24.1 Å². The van der Waals surface area contributed by atoms with Gasteiger partial charge in [0.25, 0.3) is 5.56 Å². The number of fused-ring (bicyclic) bond motifs is 1. The van der Waals surface area contributed by atoms with Gasteiger partial charge in [0.2, 0.25) is 0 Å². The lowest BCUT2D eigenvalue weighted by molar-refractivity contribution is 0.0899. The van der Waals surface area contributed by atoms with Crippen molar-refractivity contribution in [3.63, 3.8) is 0 Å². The van der Waals surface area contributed by atoms with Crippen LogP contribution >= 0.6 is 0 Å². The van der Waals surface area contributed by atoms with E-state index in [9.17, 15) is 20.0 Å². The molecule has 0 fully saturated rings. The highest BCUT2D eigenvalue weighted by Gasteiger charge is 2.23. The van der Waals surface area contributed by atoms with Crippen molar-refractivity contribution in [1.82, 2.24) is 9.13 Å². The van der Waals surface area contributed by atoms with Gasteiger partial charge in [-0.25, -0.2) is 4.79 Å². The molecular formula is C21H25N3O4. The number of rotatable bonds is 5. The molecule has 0 spiro atoms. The van der Waals surface area contributed by atoms with Gasteiger partial charge in [-0.2, -0.15) is 5.26 Å². The molecule has 3 rings (SSSR count). The summed E-state index contributed by atoms with van der Waals surface area (Å²) in [6.45, 7) is 6.56. The minimum atomic E-state index is -1.06. The maximum absolute atomic E-state index is 12.6. The summed E-state index contributed by atoms with van der Waals surface area (Å²) in [4.78, 5) is 25.1. The minimum absolute atomic E-state index is 0.0111. The Morgan fingerprint density at radius 2 is 1.93 bits per heavy atom. The molecule has 7 heteroatoms. The van der Waals surface area contributed by atoms with Crippen LogP contribution in [-0.2, 0) is 24.9 Å². The van der Waals surface area contributed by atoms with Gasteiger partial charge in [-0.3, -0.25) is 13.9 Å². The molecule has 1 aromatic carbocycles. The Morgan fingerprint density at radius 1 is 1.25 bits per heavy atom. The predicted molar refractivity (Wildman–Crippen MR) is 105 cm³/mol. The molecular weight excluding hydrogens is 358 g/mol. The number of ether oxygens (including phenoxy) is 1. The average molecular weight is 383 g/mol. The van der Waals surface area contributed by atoms with Gasteiger partial charge in [0, 0.05) is 12.2 Å². The van der Waals surface area contributed by atoms with Crippen LogP contribution in [0.2, 0.25) is 0 Å². The fourth-order valence-electron chi connectivity index (χ4n) is 3.42. The normalized spacial score (nSPS) is 14.4. The first-order chi connectivity index (χ1) is 13.2. The summed E-state index contributed by atoms with van der Waals surface area (Å²) in [5, 5.41) is 19.6. The zero-order valence-corrected chi connectivity index (χ0v) is 16.4. The first-order valence-electron chi connectivity index (χ1n) is 9.40. The number of benzene rings is 1. The van der Waals surface area contributed by atoms with Gasteiger partial charge < -0.3 is 9.84 Å². The third-order valence-corrected chi connectivity index (χ3v) is 5.00. The van der Waals surface area contributed by atoms with Crippen molar-refractivity contribution < 1.29 is 9.84 Å². The quantitative estimate of drug-likeness (QED) is 0.845. The second-order valence-electron chi connectivity index (χ2n) is 8.13. The van der Waals surface area contributed by atoms with Gasteiger partial charge in [-0.1, -0.05) is 32.9 Å². The Bertz CT molecular complexity index is 1020. The molecule has 2 aromatic rings. The molecule has 0 amide bonds. The van der Waals surface area contributed by atoms with E-state index in [1.165, 1.54) is 10.1 Å². The maximum atomic E-state index is 12.6. The number of nitriles is 1. The van der Waals surface area contributed by atoms with E-state index in [2.05, 4.69) is 20.8 Å². The van der Waals surface area contributed by atoms with Crippen LogP contribution in [-0.4, -0.2) is 27.0 Å². The lowest BCUT2D eigenvalue weighted by Gasteiger charge is -2.19. The lowest BCUT2D eigenvalue weighted by atomic mass is 9.87. The monoisotopic (exact) mass is 383 g/mol. The molecule has 1 aromatic heterocycles. The Labute approximate surface area is 163 Å². The van der Waals surface area contributed by atoms with Crippen molar-refractivity contribution in [2.24, 2.45) is 0 Å². The zero-order chi connectivity index (χ0) is 20.5. The minimum Gasteiger partial charge on any atom is -0.491 e. The first kappa shape index (κ1) is 19.9. The molecule has 0 aliphatic carbocycles. The van der Waals surface area contributed by atoms with E-state index in [1.54, 1.807) is 0 Å². The SMILES string of the molecule is CC(C)(C)c1ccc(OC[C@H](O)Cn2c(=O)c(C#N)c3n(c2=O)CCC3)cc1. The molecule has 28 heavy (non-hydrogen) atoms. The zero-order valence-electron chi connectivity index (χ0n) is 16.4. The van der Waals surface area contributed by atoms with Gasteiger partial charge in [-0.05, 0) is 36.0 Å². The lowest BCUT2D eigenvalue weighted by Crippen LogP contribution is -2.44. The molecule has 1 N–H and O–H groups in total. The third-order valence-electron chi connectivity index (χ3n) is 5.00.